The summed E-state index contributed by atoms with van der Waals surface area (Å²) in [5.41, 5.74) is 5.19. The fourth-order valence-corrected chi connectivity index (χ4v) is 3.32. The van der Waals surface area contributed by atoms with E-state index < -0.39 is 10.1 Å². The van der Waals surface area contributed by atoms with Gasteiger partial charge in [-0.25, -0.2) is 0 Å². The maximum atomic E-state index is 10.6. The van der Waals surface area contributed by atoms with Gasteiger partial charge in [-0.3, -0.25) is 9.54 Å². The Labute approximate surface area is 173 Å². The molecule has 6 heteroatoms. The second-order valence-corrected chi connectivity index (χ2v) is 8.18. The van der Waals surface area contributed by atoms with Crippen molar-refractivity contribution in [2.24, 2.45) is 0 Å². The Morgan fingerprint density at radius 3 is 2.03 bits per heavy atom. The van der Waals surface area contributed by atoms with Crippen molar-refractivity contribution in [3.8, 4) is 0 Å². The molecule has 0 aliphatic carbocycles. The number of benzene rings is 2. The Bertz CT molecular complexity index is 1070. The van der Waals surface area contributed by atoms with Crippen molar-refractivity contribution in [1.82, 2.24) is 4.98 Å². The van der Waals surface area contributed by atoms with Gasteiger partial charge in [0.1, 0.15) is 0 Å². The third-order valence-electron chi connectivity index (χ3n) is 4.17. The van der Waals surface area contributed by atoms with Gasteiger partial charge in [-0.15, -0.1) is 0 Å². The zero-order chi connectivity index (χ0) is 21.4. The Kier molecular flexibility index (Phi) is 7.70. The third kappa shape index (κ3) is 7.18. The quantitative estimate of drug-likeness (QED) is 0.622. The van der Waals surface area contributed by atoms with Crippen LogP contribution in [0.1, 0.15) is 22.4 Å². The van der Waals surface area contributed by atoms with Crippen LogP contribution in [0.5, 0.6) is 0 Å². The van der Waals surface area contributed by atoms with Crippen LogP contribution in [0.3, 0.4) is 0 Å². The fraction of sp³-hybridized carbons (Fsp3) is 0.174. The smallest absolute Gasteiger partial charge is 0.294 e. The van der Waals surface area contributed by atoms with Gasteiger partial charge in [0.15, 0.2) is 0 Å². The van der Waals surface area contributed by atoms with Gasteiger partial charge in [-0.05, 0) is 60.9 Å². The average molecular weight is 411 g/mol. The van der Waals surface area contributed by atoms with Crippen LogP contribution in [-0.4, -0.2) is 32.0 Å². The molecule has 3 rings (SSSR count). The average Bonchev–Trinajstić information content (AvgIpc) is 2.67. The fourth-order valence-electron chi connectivity index (χ4n) is 2.59. The normalized spacial score (nSPS) is 11.1. The van der Waals surface area contributed by atoms with E-state index in [4.69, 9.17) is 4.55 Å². The van der Waals surface area contributed by atoms with E-state index in [9.17, 15) is 8.42 Å². The predicted molar refractivity (Wildman–Crippen MR) is 120 cm³/mol. The highest BCUT2D eigenvalue weighted by atomic mass is 32.2. The lowest BCUT2D eigenvalue weighted by Crippen LogP contribution is -2.07. The third-order valence-corrected chi connectivity index (χ3v) is 5.18. The van der Waals surface area contributed by atoms with Crippen LogP contribution in [-0.2, 0) is 10.1 Å². The maximum absolute atomic E-state index is 10.6. The summed E-state index contributed by atoms with van der Waals surface area (Å²) in [7, 11) is 0.0589. The molecule has 0 radical (unpaired) electrons. The molecule has 5 nitrogen and oxygen atoms in total. The summed E-state index contributed by atoms with van der Waals surface area (Å²) in [5, 5.41) is 0. The predicted octanol–water partition coefficient (Wildman–Crippen LogP) is 4.87. The number of rotatable bonds is 4. The van der Waals surface area contributed by atoms with Crippen LogP contribution in [0.2, 0.25) is 0 Å². The zero-order valence-electron chi connectivity index (χ0n) is 17.1. The summed E-state index contributed by atoms with van der Waals surface area (Å²) >= 11 is 0. The van der Waals surface area contributed by atoms with Gasteiger partial charge in [0.25, 0.3) is 10.1 Å². The van der Waals surface area contributed by atoms with Crippen molar-refractivity contribution in [1.29, 1.82) is 0 Å². The minimum Gasteiger partial charge on any atom is -0.378 e. The summed E-state index contributed by atoms with van der Waals surface area (Å²) in [5.74, 6) is 0. The standard InChI is InChI=1S/C16H18N2.C7H8O3S/c1-13-12-15(10-11-17-13)5-4-14-6-8-16(9-7-14)18(2)3;1-6-4-2-3-5-7(6)11(8,9)10/h4-12H,1-3H3;2-5H,1H3,(H,8,9,10). The summed E-state index contributed by atoms with van der Waals surface area (Å²) in [6.45, 7) is 3.63. The molecule has 1 N–H and O–H groups in total. The Balaban J connectivity index is 0.000000234. The van der Waals surface area contributed by atoms with E-state index in [-0.39, 0.29) is 4.90 Å². The highest BCUT2D eigenvalue weighted by Crippen LogP contribution is 2.15. The molecule has 0 amide bonds. The number of aryl methyl sites for hydroxylation is 2. The van der Waals surface area contributed by atoms with Crippen LogP contribution < -0.4 is 4.90 Å². The van der Waals surface area contributed by atoms with Gasteiger partial charge >= 0.3 is 0 Å². The summed E-state index contributed by atoms with van der Waals surface area (Å²) in [4.78, 5) is 6.26. The summed E-state index contributed by atoms with van der Waals surface area (Å²) in [6, 6.07) is 18.9. The first-order valence-corrected chi connectivity index (χ1v) is 10.5. The summed E-state index contributed by atoms with van der Waals surface area (Å²) in [6.07, 6.45) is 6.07. The molecule has 1 heterocycles. The topological polar surface area (TPSA) is 70.5 Å². The van der Waals surface area contributed by atoms with Crippen LogP contribution in [0.4, 0.5) is 5.69 Å². The number of anilines is 1. The largest absolute Gasteiger partial charge is 0.378 e. The second kappa shape index (κ2) is 10.0. The van der Waals surface area contributed by atoms with Crippen molar-refractivity contribution in [3.63, 3.8) is 0 Å². The van der Waals surface area contributed by atoms with E-state index in [1.807, 2.05) is 33.3 Å². The van der Waals surface area contributed by atoms with E-state index in [1.54, 1.807) is 25.1 Å². The molecule has 0 fully saturated rings. The Morgan fingerprint density at radius 2 is 1.52 bits per heavy atom. The lowest BCUT2D eigenvalue weighted by molar-refractivity contribution is 0.482. The van der Waals surface area contributed by atoms with E-state index in [0.717, 1.165) is 5.69 Å². The monoisotopic (exact) mass is 410 g/mol. The first kappa shape index (κ1) is 22.3. The van der Waals surface area contributed by atoms with E-state index in [0.29, 0.717) is 5.56 Å². The van der Waals surface area contributed by atoms with Crippen molar-refractivity contribution >= 4 is 28.0 Å². The van der Waals surface area contributed by atoms with E-state index in [2.05, 4.69) is 52.4 Å². The molecule has 0 aliphatic heterocycles. The molecule has 0 saturated heterocycles. The molecule has 0 unspecified atom stereocenters. The highest BCUT2D eigenvalue weighted by molar-refractivity contribution is 7.85. The SMILES string of the molecule is Cc1cc(C=Cc2ccc(N(C)C)cc2)ccn1.Cc1ccccc1S(=O)(=O)O. The van der Waals surface area contributed by atoms with Gasteiger partial charge in [-0.1, -0.05) is 42.5 Å². The van der Waals surface area contributed by atoms with Crippen molar-refractivity contribution < 1.29 is 13.0 Å². The number of hydrogen-bond donors (Lipinski definition) is 1. The minimum absolute atomic E-state index is 0.0278. The molecule has 29 heavy (non-hydrogen) atoms. The number of hydrogen-bond acceptors (Lipinski definition) is 4. The van der Waals surface area contributed by atoms with Crippen LogP contribution in [0, 0.1) is 13.8 Å². The van der Waals surface area contributed by atoms with Gasteiger partial charge < -0.3 is 4.90 Å². The van der Waals surface area contributed by atoms with Gasteiger partial charge in [0.05, 0.1) is 4.90 Å². The van der Waals surface area contributed by atoms with Crippen molar-refractivity contribution in [2.75, 3.05) is 19.0 Å². The van der Waals surface area contributed by atoms with Gasteiger partial charge in [0.2, 0.25) is 0 Å². The molecule has 0 atom stereocenters. The molecule has 1 aromatic heterocycles. The molecule has 0 aliphatic rings. The molecule has 152 valence electrons. The Morgan fingerprint density at radius 1 is 0.897 bits per heavy atom. The van der Waals surface area contributed by atoms with Gasteiger partial charge in [0, 0.05) is 31.7 Å². The molecule has 0 bridgehead atoms. The Hall–Kier alpha value is -2.96. The van der Waals surface area contributed by atoms with Crippen LogP contribution >= 0.6 is 0 Å². The zero-order valence-corrected chi connectivity index (χ0v) is 17.9. The second-order valence-electron chi connectivity index (χ2n) is 6.79. The lowest BCUT2D eigenvalue weighted by atomic mass is 10.1. The lowest BCUT2D eigenvalue weighted by Gasteiger charge is -2.11. The first-order chi connectivity index (χ1) is 13.7. The molecule has 0 spiro atoms. The molecular formula is C23H26N2O3S. The molecule has 3 aromatic rings. The minimum atomic E-state index is -4.03. The number of aromatic nitrogens is 1. The highest BCUT2D eigenvalue weighted by Gasteiger charge is 2.10. The first-order valence-electron chi connectivity index (χ1n) is 9.08. The van der Waals surface area contributed by atoms with Crippen LogP contribution in [0.25, 0.3) is 12.2 Å². The molecule has 2 aromatic carbocycles. The van der Waals surface area contributed by atoms with E-state index in [1.165, 1.54) is 22.9 Å². The maximum Gasteiger partial charge on any atom is 0.294 e. The van der Waals surface area contributed by atoms with Crippen molar-refractivity contribution in [3.05, 3.63) is 89.2 Å². The van der Waals surface area contributed by atoms with Crippen LogP contribution in [0.15, 0.2) is 71.8 Å². The van der Waals surface area contributed by atoms with Gasteiger partial charge in [-0.2, -0.15) is 8.42 Å². The summed E-state index contributed by atoms with van der Waals surface area (Å²) < 4.78 is 29.9. The van der Waals surface area contributed by atoms with Crippen molar-refractivity contribution in [2.45, 2.75) is 18.7 Å². The number of pyridine rings is 1. The van der Waals surface area contributed by atoms with E-state index >= 15 is 0 Å². The molecule has 0 saturated carbocycles. The molecular weight excluding hydrogens is 384 g/mol. The number of nitrogens with zero attached hydrogens (tertiary/aromatic N) is 2.